The highest BCUT2D eigenvalue weighted by Gasteiger charge is 2.09. The third-order valence-corrected chi connectivity index (χ3v) is 3.49. The van der Waals surface area contributed by atoms with Gasteiger partial charge in [0.2, 0.25) is 0 Å². The lowest BCUT2D eigenvalue weighted by Crippen LogP contribution is -2.18. The van der Waals surface area contributed by atoms with Gasteiger partial charge in [-0.3, -0.25) is 4.90 Å². The average Bonchev–Trinajstić information content (AvgIpc) is 3.00. The van der Waals surface area contributed by atoms with E-state index >= 15 is 0 Å². The number of aromatic amines is 2. The van der Waals surface area contributed by atoms with Gasteiger partial charge in [0.15, 0.2) is 0 Å². The molecule has 0 saturated heterocycles. The Morgan fingerprint density at radius 3 is 2.76 bits per heavy atom. The van der Waals surface area contributed by atoms with Crippen LogP contribution in [0.1, 0.15) is 22.8 Å². The number of H-pyrrole nitrogens is 2. The summed E-state index contributed by atoms with van der Waals surface area (Å²) in [4.78, 5) is 13.3. The number of benzene rings is 1. The molecule has 106 valence electrons. The molecule has 0 saturated carbocycles. The first-order valence-corrected chi connectivity index (χ1v) is 6.86. The summed E-state index contributed by atoms with van der Waals surface area (Å²) in [5.74, 6) is 0.947. The second-order valence-corrected chi connectivity index (χ2v) is 5.32. The number of nitrogens with one attached hydrogen (secondary N) is 2. The Morgan fingerprint density at radius 1 is 1.24 bits per heavy atom. The predicted molar refractivity (Wildman–Crippen MR) is 81.5 cm³/mol. The topological polar surface area (TPSA) is 71.5 Å². The number of nitrogens with zero attached hydrogens (tertiary/aromatic N) is 3. The van der Waals surface area contributed by atoms with Gasteiger partial charge in [0, 0.05) is 17.9 Å². The summed E-state index contributed by atoms with van der Waals surface area (Å²) >= 11 is 0. The van der Waals surface area contributed by atoms with Crippen molar-refractivity contribution >= 4 is 11.0 Å². The molecule has 5 nitrogen and oxygen atoms in total. The molecule has 3 rings (SSSR count). The SMILES string of the molecule is Cc1[nH]c(CN(C)Cc2nc3ccccc3[nH]2)cc1C#N. The van der Waals surface area contributed by atoms with E-state index in [0.717, 1.165) is 41.3 Å². The second kappa shape index (κ2) is 5.43. The molecule has 2 N–H and O–H groups in total. The highest BCUT2D eigenvalue weighted by Crippen LogP contribution is 2.14. The summed E-state index contributed by atoms with van der Waals surface area (Å²) in [6, 6.07) is 12.1. The van der Waals surface area contributed by atoms with Crippen LogP contribution in [0.3, 0.4) is 0 Å². The molecule has 0 aliphatic rings. The molecule has 0 aliphatic heterocycles. The summed E-state index contributed by atoms with van der Waals surface area (Å²) < 4.78 is 0. The number of fused-ring (bicyclic) bond motifs is 1. The van der Waals surface area contributed by atoms with E-state index in [1.807, 2.05) is 44.3 Å². The first-order valence-electron chi connectivity index (χ1n) is 6.86. The molecule has 2 aromatic heterocycles. The molecule has 5 heteroatoms. The molecule has 0 amide bonds. The number of hydrogen-bond donors (Lipinski definition) is 2. The van der Waals surface area contributed by atoms with Crippen LogP contribution in [0.4, 0.5) is 0 Å². The summed E-state index contributed by atoms with van der Waals surface area (Å²) in [5.41, 5.74) is 4.72. The Morgan fingerprint density at radius 2 is 2.05 bits per heavy atom. The fourth-order valence-electron chi connectivity index (χ4n) is 2.51. The largest absolute Gasteiger partial charge is 0.360 e. The van der Waals surface area contributed by atoms with Gasteiger partial charge in [0.05, 0.1) is 23.1 Å². The van der Waals surface area contributed by atoms with Gasteiger partial charge in [-0.05, 0) is 32.2 Å². The molecule has 21 heavy (non-hydrogen) atoms. The maximum absolute atomic E-state index is 8.98. The van der Waals surface area contributed by atoms with E-state index in [4.69, 9.17) is 5.26 Å². The van der Waals surface area contributed by atoms with Gasteiger partial charge in [-0.25, -0.2) is 4.98 Å². The molecule has 0 aliphatic carbocycles. The number of rotatable bonds is 4. The maximum atomic E-state index is 8.98. The van der Waals surface area contributed by atoms with Crippen LogP contribution >= 0.6 is 0 Å². The van der Waals surface area contributed by atoms with E-state index in [-0.39, 0.29) is 0 Å². The predicted octanol–water partition coefficient (Wildman–Crippen LogP) is 2.70. The molecule has 2 heterocycles. The molecule has 0 bridgehead atoms. The van der Waals surface area contributed by atoms with Crippen molar-refractivity contribution in [2.45, 2.75) is 20.0 Å². The molecule has 0 unspecified atom stereocenters. The van der Waals surface area contributed by atoms with Crippen LogP contribution in [0.2, 0.25) is 0 Å². The minimum Gasteiger partial charge on any atom is -0.360 e. The first-order chi connectivity index (χ1) is 10.2. The lowest BCUT2D eigenvalue weighted by atomic mass is 10.2. The van der Waals surface area contributed by atoms with Crippen LogP contribution in [0.5, 0.6) is 0 Å². The lowest BCUT2D eigenvalue weighted by molar-refractivity contribution is 0.308. The molecule has 0 atom stereocenters. The van der Waals surface area contributed by atoms with E-state index in [9.17, 15) is 0 Å². The minimum atomic E-state index is 0.710. The van der Waals surface area contributed by atoms with Crippen molar-refractivity contribution in [1.29, 1.82) is 5.26 Å². The van der Waals surface area contributed by atoms with Crippen molar-refractivity contribution in [2.75, 3.05) is 7.05 Å². The number of nitriles is 1. The van der Waals surface area contributed by atoms with Crippen molar-refractivity contribution in [3.8, 4) is 6.07 Å². The van der Waals surface area contributed by atoms with E-state index in [1.54, 1.807) is 0 Å². The number of aromatic nitrogens is 3. The van der Waals surface area contributed by atoms with Crippen LogP contribution in [0.25, 0.3) is 11.0 Å². The van der Waals surface area contributed by atoms with E-state index in [0.29, 0.717) is 5.56 Å². The number of para-hydroxylation sites is 2. The minimum absolute atomic E-state index is 0.710. The van der Waals surface area contributed by atoms with Gasteiger partial charge >= 0.3 is 0 Å². The zero-order chi connectivity index (χ0) is 14.8. The molecular weight excluding hydrogens is 262 g/mol. The smallest absolute Gasteiger partial charge is 0.121 e. The summed E-state index contributed by atoms with van der Waals surface area (Å²) in [7, 11) is 2.04. The Labute approximate surface area is 123 Å². The number of aryl methyl sites for hydroxylation is 1. The van der Waals surface area contributed by atoms with Gasteiger partial charge in [0.25, 0.3) is 0 Å². The molecular formula is C16H17N5. The monoisotopic (exact) mass is 279 g/mol. The second-order valence-electron chi connectivity index (χ2n) is 5.32. The van der Waals surface area contributed by atoms with Crippen molar-refractivity contribution in [3.05, 3.63) is 53.1 Å². The lowest BCUT2D eigenvalue weighted by Gasteiger charge is -2.13. The van der Waals surface area contributed by atoms with E-state index < -0.39 is 0 Å². The van der Waals surface area contributed by atoms with Gasteiger partial charge in [-0.15, -0.1) is 0 Å². The molecule has 3 aromatic rings. The first kappa shape index (κ1) is 13.4. The molecule has 0 spiro atoms. The summed E-state index contributed by atoms with van der Waals surface area (Å²) in [6.45, 7) is 3.40. The van der Waals surface area contributed by atoms with Crippen LogP contribution in [0.15, 0.2) is 30.3 Å². The highest BCUT2D eigenvalue weighted by atomic mass is 15.1. The Bertz CT molecular complexity index is 773. The van der Waals surface area contributed by atoms with Gasteiger partial charge in [-0.1, -0.05) is 12.1 Å². The van der Waals surface area contributed by atoms with E-state index in [1.165, 1.54) is 0 Å². The number of hydrogen-bond acceptors (Lipinski definition) is 3. The van der Waals surface area contributed by atoms with Crippen molar-refractivity contribution < 1.29 is 0 Å². The zero-order valence-corrected chi connectivity index (χ0v) is 12.1. The van der Waals surface area contributed by atoms with Crippen molar-refractivity contribution in [1.82, 2.24) is 19.9 Å². The van der Waals surface area contributed by atoms with E-state index in [2.05, 4.69) is 25.9 Å². The van der Waals surface area contributed by atoms with Gasteiger partial charge in [0.1, 0.15) is 11.9 Å². The van der Waals surface area contributed by atoms with Crippen LogP contribution in [0, 0.1) is 18.3 Å². The third-order valence-electron chi connectivity index (χ3n) is 3.49. The fourth-order valence-corrected chi connectivity index (χ4v) is 2.51. The molecule has 0 fully saturated rings. The summed E-state index contributed by atoms with van der Waals surface area (Å²) in [6.07, 6.45) is 0. The Kier molecular flexibility index (Phi) is 3.46. The fraction of sp³-hybridized carbons (Fsp3) is 0.250. The average molecular weight is 279 g/mol. The number of imidazole rings is 1. The normalized spacial score (nSPS) is 11.1. The maximum Gasteiger partial charge on any atom is 0.121 e. The van der Waals surface area contributed by atoms with Crippen LogP contribution in [-0.4, -0.2) is 26.9 Å². The Hall–Kier alpha value is -2.58. The van der Waals surface area contributed by atoms with Crippen molar-refractivity contribution in [3.63, 3.8) is 0 Å². The summed E-state index contributed by atoms with van der Waals surface area (Å²) in [5, 5.41) is 8.98. The van der Waals surface area contributed by atoms with Gasteiger partial charge < -0.3 is 9.97 Å². The van der Waals surface area contributed by atoms with Crippen molar-refractivity contribution in [2.24, 2.45) is 0 Å². The molecule has 1 aromatic carbocycles. The highest BCUT2D eigenvalue weighted by molar-refractivity contribution is 5.74. The molecule has 0 radical (unpaired) electrons. The standard InChI is InChI=1S/C16H17N5/c1-11-12(8-17)7-13(18-11)9-21(2)10-16-19-14-5-3-4-6-15(14)20-16/h3-7,18H,9-10H2,1-2H3,(H,19,20). The Balaban J connectivity index is 1.70. The quantitative estimate of drug-likeness (QED) is 0.771. The third kappa shape index (κ3) is 2.81. The van der Waals surface area contributed by atoms with Crippen LogP contribution < -0.4 is 0 Å². The van der Waals surface area contributed by atoms with Gasteiger partial charge in [-0.2, -0.15) is 5.26 Å². The van der Waals surface area contributed by atoms with Crippen LogP contribution in [-0.2, 0) is 13.1 Å². The zero-order valence-electron chi connectivity index (χ0n) is 12.1.